The lowest BCUT2D eigenvalue weighted by atomic mass is 9.65. The van der Waals surface area contributed by atoms with Crippen molar-refractivity contribution in [1.29, 1.82) is 0 Å². The predicted molar refractivity (Wildman–Crippen MR) is 109 cm³/mol. The molecular weight excluding hydrogens is 354 g/mol. The Labute approximate surface area is 165 Å². The van der Waals surface area contributed by atoms with Crippen LogP contribution >= 0.6 is 0 Å². The number of rotatable bonds is 4. The number of benzene rings is 1. The number of hydrogen-bond donors (Lipinski definition) is 2. The molecule has 2 heterocycles. The average Bonchev–Trinajstić information content (AvgIpc) is 3.08. The number of esters is 1. The Bertz CT molecular complexity index is 932. The van der Waals surface area contributed by atoms with Gasteiger partial charge in [0.2, 0.25) is 5.91 Å². The van der Waals surface area contributed by atoms with Crippen LogP contribution in [0.15, 0.2) is 24.3 Å². The minimum absolute atomic E-state index is 0.0936. The second-order valence-corrected chi connectivity index (χ2v) is 9.58. The van der Waals surface area contributed by atoms with E-state index in [-0.39, 0.29) is 17.0 Å². The van der Waals surface area contributed by atoms with Gasteiger partial charge in [-0.15, -0.1) is 0 Å². The minimum atomic E-state index is -0.488. The maximum absolute atomic E-state index is 12.9. The first kappa shape index (κ1) is 19.0. The van der Waals surface area contributed by atoms with Crippen molar-refractivity contribution < 1.29 is 14.3 Å². The number of likely N-dealkylation sites (tertiary alicyclic amines) is 1. The van der Waals surface area contributed by atoms with E-state index >= 15 is 0 Å². The molecule has 0 unspecified atom stereocenters. The molecule has 28 heavy (non-hydrogen) atoms. The fourth-order valence-electron chi connectivity index (χ4n) is 5.65. The quantitative estimate of drug-likeness (QED) is 0.788. The topological polar surface area (TPSA) is 74.4 Å². The van der Waals surface area contributed by atoms with Gasteiger partial charge in [0.15, 0.2) is 0 Å². The van der Waals surface area contributed by atoms with Gasteiger partial charge < -0.3 is 15.0 Å². The first-order valence-corrected chi connectivity index (χ1v) is 9.93. The normalized spacial score (nSPS) is 26.4. The SMILES string of the molecule is COC(=O)c1[nH]c2ccccc2c1NC(=O)CN1C[C@]2(C)C[C@@H]1CC(C)(C)C2. The molecule has 2 N–H and O–H groups in total. The van der Waals surface area contributed by atoms with E-state index < -0.39 is 5.97 Å². The summed E-state index contributed by atoms with van der Waals surface area (Å²) in [5.74, 6) is -0.582. The summed E-state index contributed by atoms with van der Waals surface area (Å²) < 4.78 is 4.88. The number of amides is 1. The van der Waals surface area contributed by atoms with E-state index in [1.54, 1.807) is 0 Å². The van der Waals surface area contributed by atoms with E-state index in [4.69, 9.17) is 4.74 Å². The number of nitrogens with one attached hydrogen (secondary N) is 2. The van der Waals surface area contributed by atoms with Gasteiger partial charge in [-0.2, -0.15) is 0 Å². The molecule has 1 aliphatic heterocycles. The number of hydrogen-bond acceptors (Lipinski definition) is 4. The first-order chi connectivity index (χ1) is 13.2. The molecule has 1 saturated carbocycles. The van der Waals surface area contributed by atoms with E-state index in [0.717, 1.165) is 30.3 Å². The summed E-state index contributed by atoms with van der Waals surface area (Å²) in [6.45, 7) is 8.29. The lowest BCUT2D eigenvalue weighted by Crippen LogP contribution is -2.38. The number of carbonyl (C=O) groups is 2. The molecule has 2 aliphatic rings. The van der Waals surface area contributed by atoms with Crippen LogP contribution in [0, 0.1) is 10.8 Å². The van der Waals surface area contributed by atoms with Gasteiger partial charge in [-0.3, -0.25) is 9.69 Å². The van der Waals surface area contributed by atoms with Crippen LogP contribution in [0.1, 0.15) is 50.5 Å². The number of aromatic nitrogens is 1. The second kappa shape index (κ2) is 6.62. The third-order valence-electron chi connectivity index (χ3n) is 6.23. The highest BCUT2D eigenvalue weighted by Gasteiger charge is 2.49. The Morgan fingerprint density at radius 2 is 2.00 bits per heavy atom. The molecule has 1 aromatic carbocycles. The summed E-state index contributed by atoms with van der Waals surface area (Å²) in [5, 5.41) is 3.79. The maximum Gasteiger partial charge on any atom is 0.356 e. The molecule has 6 nitrogen and oxygen atoms in total. The molecule has 1 aliphatic carbocycles. The van der Waals surface area contributed by atoms with Crippen LogP contribution in [0.4, 0.5) is 5.69 Å². The van der Waals surface area contributed by atoms with Gasteiger partial charge in [0, 0.05) is 23.5 Å². The van der Waals surface area contributed by atoms with E-state index in [9.17, 15) is 9.59 Å². The zero-order valence-corrected chi connectivity index (χ0v) is 17.1. The van der Waals surface area contributed by atoms with Gasteiger partial charge in [-0.25, -0.2) is 4.79 Å². The van der Waals surface area contributed by atoms with E-state index in [1.165, 1.54) is 13.5 Å². The Hall–Kier alpha value is -2.34. The number of nitrogens with zero attached hydrogens (tertiary/aromatic N) is 1. The molecule has 2 bridgehead atoms. The van der Waals surface area contributed by atoms with Crippen molar-refractivity contribution in [2.24, 2.45) is 10.8 Å². The van der Waals surface area contributed by atoms with E-state index in [1.807, 2.05) is 24.3 Å². The smallest absolute Gasteiger partial charge is 0.356 e. The van der Waals surface area contributed by atoms with E-state index in [2.05, 4.69) is 36.0 Å². The molecule has 4 rings (SSSR count). The lowest BCUT2D eigenvalue weighted by molar-refractivity contribution is -0.117. The van der Waals surface area contributed by atoms with Gasteiger partial charge in [0.05, 0.1) is 19.3 Å². The Morgan fingerprint density at radius 1 is 1.25 bits per heavy atom. The molecule has 1 aromatic heterocycles. The summed E-state index contributed by atoms with van der Waals surface area (Å²) in [6.07, 6.45) is 3.48. The summed E-state index contributed by atoms with van der Waals surface area (Å²) in [4.78, 5) is 30.5. The molecule has 1 amide bonds. The zero-order chi connectivity index (χ0) is 20.1. The molecule has 6 heteroatoms. The van der Waals surface area contributed by atoms with Crippen molar-refractivity contribution in [2.45, 2.75) is 46.1 Å². The van der Waals surface area contributed by atoms with Gasteiger partial charge in [-0.05, 0) is 36.2 Å². The molecule has 2 atom stereocenters. The highest BCUT2D eigenvalue weighted by atomic mass is 16.5. The summed E-state index contributed by atoms with van der Waals surface area (Å²) in [5.41, 5.74) is 2.18. The Kier molecular flexibility index (Phi) is 4.49. The van der Waals surface area contributed by atoms with Crippen molar-refractivity contribution in [3.05, 3.63) is 30.0 Å². The minimum Gasteiger partial charge on any atom is -0.464 e. The van der Waals surface area contributed by atoms with Crippen molar-refractivity contribution in [1.82, 2.24) is 9.88 Å². The lowest BCUT2D eigenvalue weighted by Gasteiger charge is -2.39. The number of methoxy groups -OCH3 is 1. The predicted octanol–water partition coefficient (Wildman–Crippen LogP) is 3.79. The average molecular weight is 383 g/mol. The van der Waals surface area contributed by atoms with Crippen LogP contribution < -0.4 is 5.32 Å². The van der Waals surface area contributed by atoms with Crippen LogP contribution in [0.5, 0.6) is 0 Å². The third-order valence-corrected chi connectivity index (χ3v) is 6.23. The molecule has 150 valence electrons. The van der Waals surface area contributed by atoms with Crippen molar-refractivity contribution in [2.75, 3.05) is 25.5 Å². The number of fused-ring (bicyclic) bond motifs is 3. The fraction of sp³-hybridized carbons (Fsp3) is 0.545. The van der Waals surface area contributed by atoms with Crippen molar-refractivity contribution in [3.63, 3.8) is 0 Å². The van der Waals surface area contributed by atoms with Crippen LogP contribution in [-0.4, -0.2) is 48.0 Å². The Balaban J connectivity index is 1.54. The van der Waals surface area contributed by atoms with Crippen LogP contribution in [0.2, 0.25) is 0 Å². The van der Waals surface area contributed by atoms with Crippen LogP contribution in [0.25, 0.3) is 10.9 Å². The van der Waals surface area contributed by atoms with Gasteiger partial charge in [-0.1, -0.05) is 39.0 Å². The highest BCUT2D eigenvalue weighted by Crippen LogP contribution is 2.52. The Morgan fingerprint density at radius 3 is 2.75 bits per heavy atom. The molecular formula is C22H29N3O3. The van der Waals surface area contributed by atoms with Gasteiger partial charge >= 0.3 is 5.97 Å². The molecule has 1 saturated heterocycles. The molecule has 0 radical (unpaired) electrons. The van der Waals surface area contributed by atoms with Crippen LogP contribution in [0.3, 0.4) is 0 Å². The highest BCUT2D eigenvalue weighted by molar-refractivity contribution is 6.11. The van der Waals surface area contributed by atoms with Gasteiger partial charge in [0.1, 0.15) is 5.69 Å². The number of para-hydroxylation sites is 1. The van der Waals surface area contributed by atoms with Gasteiger partial charge in [0.25, 0.3) is 0 Å². The summed E-state index contributed by atoms with van der Waals surface area (Å²) in [7, 11) is 1.34. The summed E-state index contributed by atoms with van der Waals surface area (Å²) in [6, 6.07) is 7.99. The third kappa shape index (κ3) is 3.41. The first-order valence-electron chi connectivity index (χ1n) is 9.93. The number of carbonyl (C=O) groups excluding carboxylic acids is 2. The number of anilines is 1. The molecule has 2 fully saturated rings. The van der Waals surface area contributed by atoms with Crippen molar-refractivity contribution >= 4 is 28.5 Å². The number of H-pyrrole nitrogens is 1. The summed E-state index contributed by atoms with van der Waals surface area (Å²) >= 11 is 0. The zero-order valence-electron chi connectivity index (χ0n) is 17.1. The molecule has 2 aromatic rings. The van der Waals surface area contributed by atoms with E-state index in [0.29, 0.717) is 23.7 Å². The number of ether oxygens (including phenoxy) is 1. The standard InChI is InChI=1S/C22H29N3O3/c1-21(2)9-14-10-22(3,12-21)13-25(14)11-17(26)24-18-15-7-5-6-8-16(15)23-19(18)20(27)28-4/h5-8,14,23H,9-13H2,1-4H3,(H,24,26)/t14-,22+/m0/s1. The largest absolute Gasteiger partial charge is 0.464 e. The second-order valence-electron chi connectivity index (χ2n) is 9.58. The monoisotopic (exact) mass is 383 g/mol. The van der Waals surface area contributed by atoms with Crippen LogP contribution in [-0.2, 0) is 9.53 Å². The fourth-order valence-corrected chi connectivity index (χ4v) is 5.65. The number of aromatic amines is 1. The maximum atomic E-state index is 12.9. The van der Waals surface area contributed by atoms with Crippen molar-refractivity contribution in [3.8, 4) is 0 Å². The molecule has 0 spiro atoms.